The Balaban J connectivity index is 3.89. The van der Waals surface area contributed by atoms with Crippen LogP contribution in [0.25, 0.3) is 0 Å². The van der Waals surface area contributed by atoms with Crippen LogP contribution in [0.1, 0.15) is 65.2 Å². The van der Waals surface area contributed by atoms with Gasteiger partial charge >= 0.3 is 0 Å². The standard InChI is InChI=1S/C16H29NO4/c1-3-10-21-12-15(19)11-13(16(17)20)8-6-5-7-9-14(18)4-2/h13H,3-12H2,1-2H3,(H2,17,20). The lowest BCUT2D eigenvalue weighted by molar-refractivity contribution is -0.130. The van der Waals surface area contributed by atoms with Gasteiger partial charge in [0.05, 0.1) is 0 Å². The van der Waals surface area contributed by atoms with Crippen molar-refractivity contribution in [1.29, 1.82) is 0 Å². The molecule has 0 aliphatic heterocycles. The molecule has 21 heavy (non-hydrogen) atoms. The predicted octanol–water partition coefficient (Wildman–Crippen LogP) is 2.40. The highest BCUT2D eigenvalue weighted by atomic mass is 16.5. The molecule has 0 fully saturated rings. The number of ketones is 2. The second kappa shape index (κ2) is 12.5. The number of rotatable bonds is 14. The molecule has 0 radical (unpaired) electrons. The molecule has 0 spiro atoms. The van der Waals surface area contributed by atoms with Gasteiger partial charge in [0.15, 0.2) is 5.78 Å². The molecular formula is C16H29NO4. The molecule has 0 heterocycles. The summed E-state index contributed by atoms with van der Waals surface area (Å²) in [5.74, 6) is -0.647. The molecule has 0 aliphatic carbocycles. The summed E-state index contributed by atoms with van der Waals surface area (Å²) in [4.78, 5) is 34.2. The van der Waals surface area contributed by atoms with E-state index in [9.17, 15) is 14.4 Å². The zero-order chi connectivity index (χ0) is 16.1. The molecule has 0 saturated heterocycles. The Kier molecular flexibility index (Phi) is 11.8. The molecule has 5 heteroatoms. The van der Waals surface area contributed by atoms with Crippen LogP contribution in [0.15, 0.2) is 0 Å². The molecule has 0 aromatic rings. The van der Waals surface area contributed by atoms with Crippen LogP contribution in [-0.2, 0) is 19.1 Å². The van der Waals surface area contributed by atoms with Crippen LogP contribution in [0.4, 0.5) is 0 Å². The Morgan fingerprint density at radius 2 is 1.76 bits per heavy atom. The molecule has 1 unspecified atom stereocenters. The summed E-state index contributed by atoms with van der Waals surface area (Å²) in [7, 11) is 0. The van der Waals surface area contributed by atoms with Crippen LogP contribution >= 0.6 is 0 Å². The maximum Gasteiger partial charge on any atom is 0.220 e. The van der Waals surface area contributed by atoms with Crippen LogP contribution in [-0.4, -0.2) is 30.7 Å². The van der Waals surface area contributed by atoms with E-state index in [0.29, 0.717) is 25.9 Å². The van der Waals surface area contributed by atoms with Crippen molar-refractivity contribution >= 4 is 17.5 Å². The highest BCUT2D eigenvalue weighted by Crippen LogP contribution is 2.15. The van der Waals surface area contributed by atoms with Crippen LogP contribution in [0, 0.1) is 5.92 Å². The summed E-state index contributed by atoms with van der Waals surface area (Å²) in [6, 6.07) is 0. The van der Waals surface area contributed by atoms with Crippen molar-refractivity contribution in [2.24, 2.45) is 11.7 Å². The van der Waals surface area contributed by atoms with Gasteiger partial charge in [-0.15, -0.1) is 0 Å². The van der Waals surface area contributed by atoms with Crippen molar-refractivity contribution < 1.29 is 19.1 Å². The molecule has 1 atom stereocenters. The minimum Gasteiger partial charge on any atom is -0.374 e. The molecule has 0 aliphatic rings. The van der Waals surface area contributed by atoms with Gasteiger partial charge in [0.2, 0.25) is 5.91 Å². The average molecular weight is 299 g/mol. The Bertz CT molecular complexity index is 328. The Hall–Kier alpha value is -1.23. The first kappa shape index (κ1) is 19.8. The van der Waals surface area contributed by atoms with E-state index < -0.39 is 11.8 Å². The van der Waals surface area contributed by atoms with Crippen molar-refractivity contribution in [3.8, 4) is 0 Å². The van der Waals surface area contributed by atoms with Gasteiger partial charge in [0, 0.05) is 31.8 Å². The van der Waals surface area contributed by atoms with Gasteiger partial charge in [-0.2, -0.15) is 0 Å². The first-order valence-electron chi connectivity index (χ1n) is 7.91. The van der Waals surface area contributed by atoms with Crippen molar-refractivity contribution in [2.75, 3.05) is 13.2 Å². The average Bonchev–Trinajstić information content (AvgIpc) is 2.45. The quantitative estimate of drug-likeness (QED) is 0.499. The van der Waals surface area contributed by atoms with E-state index in [2.05, 4.69) is 0 Å². The molecule has 0 aromatic heterocycles. The van der Waals surface area contributed by atoms with E-state index in [4.69, 9.17) is 10.5 Å². The van der Waals surface area contributed by atoms with E-state index in [1.165, 1.54) is 0 Å². The summed E-state index contributed by atoms with van der Waals surface area (Å²) in [5.41, 5.74) is 5.34. The van der Waals surface area contributed by atoms with E-state index in [-0.39, 0.29) is 24.6 Å². The topological polar surface area (TPSA) is 86.5 Å². The van der Waals surface area contributed by atoms with Crippen molar-refractivity contribution in [1.82, 2.24) is 0 Å². The fourth-order valence-corrected chi connectivity index (χ4v) is 2.08. The normalized spacial score (nSPS) is 12.1. The molecule has 122 valence electrons. The highest BCUT2D eigenvalue weighted by Gasteiger charge is 2.19. The third kappa shape index (κ3) is 11.1. The number of primary amides is 1. The van der Waals surface area contributed by atoms with Crippen molar-refractivity contribution in [2.45, 2.75) is 65.2 Å². The number of hydrogen-bond acceptors (Lipinski definition) is 4. The lowest BCUT2D eigenvalue weighted by Gasteiger charge is -2.12. The summed E-state index contributed by atoms with van der Waals surface area (Å²) < 4.78 is 5.17. The van der Waals surface area contributed by atoms with E-state index >= 15 is 0 Å². The Labute approximate surface area is 127 Å². The number of carbonyl (C=O) groups excluding carboxylic acids is 3. The van der Waals surface area contributed by atoms with Gasteiger partial charge in [0.25, 0.3) is 0 Å². The van der Waals surface area contributed by atoms with Gasteiger partial charge in [0.1, 0.15) is 12.4 Å². The summed E-state index contributed by atoms with van der Waals surface area (Å²) in [6.45, 7) is 4.44. The summed E-state index contributed by atoms with van der Waals surface area (Å²) in [5, 5.41) is 0. The summed E-state index contributed by atoms with van der Waals surface area (Å²) >= 11 is 0. The van der Waals surface area contributed by atoms with Crippen LogP contribution in [0.5, 0.6) is 0 Å². The fourth-order valence-electron chi connectivity index (χ4n) is 2.08. The number of unbranched alkanes of at least 4 members (excludes halogenated alkanes) is 2. The van der Waals surface area contributed by atoms with Gasteiger partial charge in [-0.05, 0) is 19.3 Å². The highest BCUT2D eigenvalue weighted by molar-refractivity contribution is 5.86. The fraction of sp³-hybridized carbons (Fsp3) is 0.812. The second-order valence-electron chi connectivity index (χ2n) is 5.39. The minimum absolute atomic E-state index is 0.0582. The SMILES string of the molecule is CCCOCC(=O)CC(CCCCCC(=O)CC)C(N)=O. The third-order valence-electron chi connectivity index (χ3n) is 3.39. The number of carbonyl (C=O) groups is 3. The third-order valence-corrected chi connectivity index (χ3v) is 3.39. The number of nitrogens with two attached hydrogens (primary N) is 1. The van der Waals surface area contributed by atoms with Crippen LogP contribution < -0.4 is 5.73 Å². The first-order chi connectivity index (χ1) is 10.0. The Morgan fingerprint density at radius 3 is 2.33 bits per heavy atom. The number of Topliss-reactive ketones (excluding diaryl/α,β-unsaturated/α-hetero) is 2. The molecular weight excluding hydrogens is 270 g/mol. The van der Waals surface area contributed by atoms with E-state index in [1.807, 2.05) is 13.8 Å². The molecule has 0 saturated carbocycles. The van der Waals surface area contributed by atoms with E-state index in [0.717, 1.165) is 25.7 Å². The number of amides is 1. The first-order valence-corrected chi connectivity index (χ1v) is 7.91. The van der Waals surface area contributed by atoms with Gasteiger partial charge in [-0.3, -0.25) is 14.4 Å². The maximum atomic E-state index is 11.7. The lowest BCUT2D eigenvalue weighted by Crippen LogP contribution is -2.27. The van der Waals surface area contributed by atoms with Gasteiger partial charge in [-0.1, -0.05) is 26.7 Å². The summed E-state index contributed by atoms with van der Waals surface area (Å²) in [6.07, 6.45) is 5.35. The smallest absolute Gasteiger partial charge is 0.220 e. The van der Waals surface area contributed by atoms with Crippen molar-refractivity contribution in [3.05, 3.63) is 0 Å². The molecule has 0 aromatic carbocycles. The predicted molar refractivity (Wildman–Crippen MR) is 81.8 cm³/mol. The van der Waals surface area contributed by atoms with E-state index in [1.54, 1.807) is 0 Å². The van der Waals surface area contributed by atoms with Gasteiger partial charge in [-0.25, -0.2) is 0 Å². The lowest BCUT2D eigenvalue weighted by atomic mass is 9.94. The van der Waals surface area contributed by atoms with Crippen molar-refractivity contribution in [3.63, 3.8) is 0 Å². The molecule has 1 amide bonds. The second-order valence-corrected chi connectivity index (χ2v) is 5.39. The minimum atomic E-state index is -0.427. The Morgan fingerprint density at radius 1 is 1.05 bits per heavy atom. The molecule has 0 rings (SSSR count). The van der Waals surface area contributed by atoms with Crippen LogP contribution in [0.2, 0.25) is 0 Å². The zero-order valence-corrected chi connectivity index (χ0v) is 13.4. The zero-order valence-electron chi connectivity index (χ0n) is 13.4. The van der Waals surface area contributed by atoms with Gasteiger partial charge < -0.3 is 10.5 Å². The largest absolute Gasteiger partial charge is 0.374 e. The van der Waals surface area contributed by atoms with Crippen LogP contribution in [0.3, 0.4) is 0 Å². The monoisotopic (exact) mass is 299 g/mol. The molecule has 5 nitrogen and oxygen atoms in total. The molecule has 2 N–H and O–H groups in total. The maximum absolute atomic E-state index is 11.7. The molecule has 0 bridgehead atoms. The number of ether oxygens (including phenoxy) is 1. The number of hydrogen-bond donors (Lipinski definition) is 1.